The lowest BCUT2D eigenvalue weighted by atomic mass is 10.1. The Bertz CT molecular complexity index is 224. The maximum Gasteiger partial charge on any atom is 0.110 e. The van der Waals surface area contributed by atoms with E-state index in [2.05, 4.69) is 25.9 Å². The van der Waals surface area contributed by atoms with Gasteiger partial charge in [-0.15, -0.1) is 0 Å². The number of hydrogen-bond acceptors (Lipinski definition) is 1. The molecule has 0 atom stereocenters. The summed E-state index contributed by atoms with van der Waals surface area (Å²) in [4.78, 5) is 0. The highest BCUT2D eigenvalue weighted by molar-refractivity contribution is 4.90. The van der Waals surface area contributed by atoms with Gasteiger partial charge in [-0.1, -0.05) is 90.4 Å². The van der Waals surface area contributed by atoms with E-state index in [0.29, 0.717) is 0 Å². The lowest BCUT2D eigenvalue weighted by Gasteiger charge is -2.01. The van der Waals surface area contributed by atoms with Crippen molar-refractivity contribution in [2.75, 3.05) is 6.61 Å². The van der Waals surface area contributed by atoms with Gasteiger partial charge in [0, 0.05) is 6.42 Å². The first-order valence-corrected chi connectivity index (χ1v) is 9.01. The van der Waals surface area contributed by atoms with Crippen molar-refractivity contribution >= 4 is 0 Å². The standard InChI is InChI=1S/C19H36O/c1-3-5-7-8-9-10-11-12-13-14-15-16-17-19-20-18-6-4-2/h3-16,18H2,1-2H3. The molecule has 0 aliphatic heterocycles. The minimum absolute atomic E-state index is 0.793. The molecule has 0 N–H and O–H groups in total. The molecule has 0 bridgehead atoms. The normalized spacial score (nSPS) is 10.1. The second-order valence-electron chi connectivity index (χ2n) is 5.77. The minimum atomic E-state index is 0.793. The Hall–Kier alpha value is -0.640. The van der Waals surface area contributed by atoms with Crippen molar-refractivity contribution < 1.29 is 4.74 Å². The largest absolute Gasteiger partial charge is 0.447 e. The fourth-order valence-electron chi connectivity index (χ4n) is 2.25. The molecule has 0 unspecified atom stereocenters. The Morgan fingerprint density at radius 3 is 1.65 bits per heavy atom. The third-order valence-corrected chi connectivity index (χ3v) is 3.65. The van der Waals surface area contributed by atoms with Crippen LogP contribution in [0.2, 0.25) is 0 Å². The summed E-state index contributed by atoms with van der Waals surface area (Å²) in [5, 5.41) is 0. The van der Waals surface area contributed by atoms with Crippen LogP contribution in [0.3, 0.4) is 0 Å². The van der Waals surface area contributed by atoms with E-state index in [1.54, 1.807) is 0 Å². The van der Waals surface area contributed by atoms with Gasteiger partial charge in [0.05, 0.1) is 0 Å². The molecule has 0 aromatic carbocycles. The third kappa shape index (κ3) is 17.4. The molecule has 0 saturated heterocycles. The molecule has 0 rings (SSSR count). The number of rotatable bonds is 14. The van der Waals surface area contributed by atoms with Crippen molar-refractivity contribution in [3.8, 4) is 12.0 Å². The lowest BCUT2D eigenvalue weighted by molar-refractivity contribution is 0.270. The van der Waals surface area contributed by atoms with Gasteiger partial charge in [-0.25, -0.2) is 0 Å². The van der Waals surface area contributed by atoms with Crippen LogP contribution < -0.4 is 0 Å². The van der Waals surface area contributed by atoms with Gasteiger partial charge >= 0.3 is 0 Å². The van der Waals surface area contributed by atoms with Gasteiger partial charge in [0.25, 0.3) is 0 Å². The number of unbranched alkanes of at least 4 members (excludes halogenated alkanes) is 12. The maximum absolute atomic E-state index is 5.21. The molecule has 0 saturated carbocycles. The first kappa shape index (κ1) is 19.4. The van der Waals surface area contributed by atoms with Crippen molar-refractivity contribution in [2.45, 2.75) is 104 Å². The third-order valence-electron chi connectivity index (χ3n) is 3.65. The molecule has 1 heteroatoms. The highest BCUT2D eigenvalue weighted by Crippen LogP contribution is 2.11. The Morgan fingerprint density at radius 2 is 1.10 bits per heavy atom. The molecule has 0 aliphatic carbocycles. The summed E-state index contributed by atoms with van der Waals surface area (Å²) in [5.74, 6) is 3.10. The topological polar surface area (TPSA) is 9.23 Å². The van der Waals surface area contributed by atoms with Gasteiger partial charge in [-0.2, -0.15) is 0 Å². The van der Waals surface area contributed by atoms with Crippen LogP contribution in [0, 0.1) is 12.0 Å². The zero-order chi connectivity index (χ0) is 14.7. The van der Waals surface area contributed by atoms with E-state index in [4.69, 9.17) is 4.74 Å². The van der Waals surface area contributed by atoms with Gasteiger partial charge in [0.15, 0.2) is 0 Å². The highest BCUT2D eigenvalue weighted by Gasteiger charge is 1.92. The Balaban J connectivity index is 3.02. The van der Waals surface area contributed by atoms with Gasteiger partial charge in [-0.05, 0) is 12.8 Å². The quantitative estimate of drug-likeness (QED) is 0.262. The average molecular weight is 280 g/mol. The molecule has 1 nitrogen and oxygen atoms in total. The fraction of sp³-hybridized carbons (Fsp3) is 0.895. The molecule has 118 valence electrons. The summed E-state index contributed by atoms with van der Waals surface area (Å²) in [7, 11) is 0. The van der Waals surface area contributed by atoms with Gasteiger partial charge in [0.2, 0.25) is 0 Å². The van der Waals surface area contributed by atoms with E-state index in [9.17, 15) is 0 Å². The van der Waals surface area contributed by atoms with Crippen LogP contribution in [0.1, 0.15) is 104 Å². The smallest absolute Gasteiger partial charge is 0.110 e. The number of hydrogen-bond donors (Lipinski definition) is 0. The van der Waals surface area contributed by atoms with Crippen molar-refractivity contribution in [1.29, 1.82) is 0 Å². The molecule has 0 spiro atoms. The maximum atomic E-state index is 5.21. The monoisotopic (exact) mass is 280 g/mol. The van der Waals surface area contributed by atoms with Crippen LogP contribution in [0.25, 0.3) is 0 Å². The van der Waals surface area contributed by atoms with E-state index in [1.165, 1.54) is 77.0 Å². The van der Waals surface area contributed by atoms with E-state index < -0.39 is 0 Å². The second kappa shape index (κ2) is 18.4. The van der Waals surface area contributed by atoms with Crippen LogP contribution in [0.5, 0.6) is 0 Å². The highest BCUT2D eigenvalue weighted by atomic mass is 16.5. The SMILES string of the molecule is CCCCCCCCCCCCCC#COCCCC. The molecule has 0 heterocycles. The van der Waals surface area contributed by atoms with Gasteiger partial charge in [0.1, 0.15) is 12.7 Å². The Morgan fingerprint density at radius 1 is 0.600 bits per heavy atom. The van der Waals surface area contributed by atoms with E-state index in [1.807, 2.05) is 0 Å². The molecular formula is C19H36O. The summed E-state index contributed by atoms with van der Waals surface area (Å²) in [6.45, 7) is 5.24. The summed E-state index contributed by atoms with van der Waals surface area (Å²) in [5.41, 5.74) is 0. The fourth-order valence-corrected chi connectivity index (χ4v) is 2.25. The Labute approximate surface area is 127 Å². The van der Waals surface area contributed by atoms with Crippen molar-refractivity contribution in [3.63, 3.8) is 0 Å². The summed E-state index contributed by atoms with van der Waals surface area (Å²) < 4.78 is 5.21. The molecule has 0 fully saturated rings. The number of ether oxygens (including phenoxy) is 1. The zero-order valence-electron chi connectivity index (χ0n) is 14.0. The predicted octanol–water partition coefficient (Wildman–Crippen LogP) is 6.47. The van der Waals surface area contributed by atoms with Crippen LogP contribution in [0.4, 0.5) is 0 Å². The zero-order valence-corrected chi connectivity index (χ0v) is 14.0. The average Bonchev–Trinajstić information content (AvgIpc) is 2.47. The summed E-state index contributed by atoms with van der Waals surface area (Å²) >= 11 is 0. The molecule has 0 aromatic heterocycles. The predicted molar refractivity (Wildman–Crippen MR) is 89.7 cm³/mol. The molecule has 0 amide bonds. The first-order chi connectivity index (χ1) is 9.91. The van der Waals surface area contributed by atoms with Crippen molar-refractivity contribution in [3.05, 3.63) is 0 Å². The van der Waals surface area contributed by atoms with Crippen LogP contribution in [-0.4, -0.2) is 6.61 Å². The molecule has 0 radical (unpaired) electrons. The summed E-state index contributed by atoms with van der Waals surface area (Å²) in [6.07, 6.45) is 21.4. The molecule has 20 heavy (non-hydrogen) atoms. The minimum Gasteiger partial charge on any atom is -0.447 e. The molecule has 0 aliphatic rings. The first-order valence-electron chi connectivity index (χ1n) is 9.01. The molecule has 0 aromatic rings. The van der Waals surface area contributed by atoms with E-state index >= 15 is 0 Å². The van der Waals surface area contributed by atoms with E-state index in [-0.39, 0.29) is 0 Å². The van der Waals surface area contributed by atoms with Crippen LogP contribution in [0.15, 0.2) is 0 Å². The molecular weight excluding hydrogens is 244 g/mol. The van der Waals surface area contributed by atoms with Crippen LogP contribution in [-0.2, 0) is 4.74 Å². The second-order valence-corrected chi connectivity index (χ2v) is 5.77. The van der Waals surface area contributed by atoms with Gasteiger partial charge < -0.3 is 4.74 Å². The summed E-state index contributed by atoms with van der Waals surface area (Å²) in [6, 6.07) is 0. The van der Waals surface area contributed by atoms with Crippen molar-refractivity contribution in [2.24, 2.45) is 0 Å². The van der Waals surface area contributed by atoms with Crippen LogP contribution >= 0.6 is 0 Å². The van der Waals surface area contributed by atoms with Crippen molar-refractivity contribution in [1.82, 2.24) is 0 Å². The lowest BCUT2D eigenvalue weighted by Crippen LogP contribution is -1.85. The van der Waals surface area contributed by atoms with E-state index in [0.717, 1.165) is 19.4 Å². The Kier molecular flexibility index (Phi) is 17.8. The van der Waals surface area contributed by atoms with Gasteiger partial charge in [-0.3, -0.25) is 0 Å².